The first-order chi connectivity index (χ1) is 16.1. The number of morpholine rings is 1. The van der Waals surface area contributed by atoms with Gasteiger partial charge in [-0.2, -0.15) is 0 Å². The third kappa shape index (κ3) is 5.54. The number of hydrogen-bond donors (Lipinski definition) is 1. The van der Waals surface area contributed by atoms with Crippen molar-refractivity contribution in [1.82, 2.24) is 15.1 Å². The number of ether oxygens (including phenoxy) is 2. The Morgan fingerprint density at radius 1 is 1.06 bits per heavy atom. The molecule has 0 bridgehead atoms. The summed E-state index contributed by atoms with van der Waals surface area (Å²) in [5, 5.41) is 4.89. The molecule has 3 amide bonds. The summed E-state index contributed by atoms with van der Waals surface area (Å²) in [4.78, 5) is 43.5. The molecule has 4 rings (SSSR count). The van der Waals surface area contributed by atoms with Crippen molar-refractivity contribution in [3.05, 3.63) is 52.2 Å². The molecule has 2 aliphatic heterocycles. The number of methoxy groups -OCH3 is 1. The van der Waals surface area contributed by atoms with Crippen molar-refractivity contribution >= 4 is 29.1 Å². The molecule has 2 fully saturated rings. The van der Waals surface area contributed by atoms with Gasteiger partial charge < -0.3 is 24.6 Å². The first kappa shape index (κ1) is 23.3. The Labute approximate surface area is 197 Å². The molecule has 33 heavy (non-hydrogen) atoms. The minimum Gasteiger partial charge on any atom is -0.497 e. The average Bonchev–Trinajstić information content (AvgIpc) is 3.42. The van der Waals surface area contributed by atoms with Crippen LogP contribution in [0.3, 0.4) is 0 Å². The number of amides is 3. The van der Waals surface area contributed by atoms with E-state index >= 15 is 0 Å². The molecule has 0 saturated carbocycles. The van der Waals surface area contributed by atoms with Crippen LogP contribution < -0.4 is 10.1 Å². The van der Waals surface area contributed by atoms with E-state index in [1.807, 2.05) is 22.4 Å². The molecule has 2 saturated heterocycles. The summed E-state index contributed by atoms with van der Waals surface area (Å²) in [5.41, 5.74) is 0.444. The third-order valence-corrected chi connectivity index (χ3v) is 7.10. The molecule has 1 aromatic heterocycles. The van der Waals surface area contributed by atoms with Gasteiger partial charge in [-0.15, -0.1) is 11.3 Å². The second-order valence-corrected chi connectivity index (χ2v) is 9.18. The van der Waals surface area contributed by atoms with Gasteiger partial charge in [0.1, 0.15) is 11.8 Å². The highest BCUT2D eigenvalue weighted by molar-refractivity contribution is 7.12. The molecule has 8 nitrogen and oxygen atoms in total. The summed E-state index contributed by atoms with van der Waals surface area (Å²) >= 11 is 1.43. The highest BCUT2D eigenvalue weighted by Crippen LogP contribution is 2.25. The van der Waals surface area contributed by atoms with Crippen molar-refractivity contribution in [3.63, 3.8) is 0 Å². The van der Waals surface area contributed by atoms with E-state index < -0.39 is 6.04 Å². The fourth-order valence-electron chi connectivity index (χ4n) is 4.34. The fourth-order valence-corrected chi connectivity index (χ4v) is 5.03. The Balaban J connectivity index is 1.47. The van der Waals surface area contributed by atoms with Crippen molar-refractivity contribution in [2.24, 2.45) is 5.92 Å². The smallest absolute Gasteiger partial charge is 0.263 e. The summed E-state index contributed by atoms with van der Waals surface area (Å²) in [6.45, 7) is 3.14. The normalized spacial score (nSPS) is 18.0. The lowest BCUT2D eigenvalue weighted by Gasteiger charge is -2.38. The maximum absolute atomic E-state index is 13.4. The van der Waals surface area contributed by atoms with Crippen LogP contribution in [0, 0.1) is 5.92 Å². The van der Waals surface area contributed by atoms with E-state index in [0.29, 0.717) is 63.5 Å². The number of hydrogen-bond acceptors (Lipinski definition) is 6. The number of carbonyl (C=O) groups excluding carboxylic acids is 3. The van der Waals surface area contributed by atoms with Crippen LogP contribution in [0.5, 0.6) is 5.75 Å². The van der Waals surface area contributed by atoms with Crippen molar-refractivity contribution in [1.29, 1.82) is 0 Å². The lowest BCUT2D eigenvalue weighted by Crippen LogP contribution is -2.56. The van der Waals surface area contributed by atoms with Crippen molar-refractivity contribution < 1.29 is 23.9 Å². The minimum atomic E-state index is -0.652. The minimum absolute atomic E-state index is 0.0277. The van der Waals surface area contributed by atoms with Gasteiger partial charge in [-0.3, -0.25) is 14.4 Å². The maximum Gasteiger partial charge on any atom is 0.263 e. The first-order valence-electron chi connectivity index (χ1n) is 11.2. The zero-order valence-electron chi connectivity index (χ0n) is 18.7. The lowest BCUT2D eigenvalue weighted by atomic mass is 9.88. The van der Waals surface area contributed by atoms with Gasteiger partial charge in [0, 0.05) is 31.7 Å². The van der Waals surface area contributed by atoms with E-state index in [2.05, 4.69) is 5.32 Å². The first-order valence-corrected chi connectivity index (χ1v) is 12.1. The van der Waals surface area contributed by atoms with Gasteiger partial charge in [0.25, 0.3) is 11.8 Å². The van der Waals surface area contributed by atoms with Gasteiger partial charge in [0.15, 0.2) is 0 Å². The van der Waals surface area contributed by atoms with Crippen LogP contribution in [0.15, 0.2) is 41.8 Å². The second kappa shape index (κ2) is 10.8. The van der Waals surface area contributed by atoms with Crippen molar-refractivity contribution in [3.8, 4) is 5.75 Å². The second-order valence-electron chi connectivity index (χ2n) is 8.23. The van der Waals surface area contributed by atoms with E-state index in [0.717, 1.165) is 4.88 Å². The SMILES string of the molecule is COc1cccc(C(=O)NC(C(=O)N2CCOCC2)C2CCN(C(=O)c3cccs3)CC2)c1. The zero-order valence-corrected chi connectivity index (χ0v) is 19.5. The number of nitrogens with one attached hydrogen (secondary N) is 1. The van der Waals surface area contributed by atoms with Crippen LogP contribution in [0.4, 0.5) is 0 Å². The molecular weight excluding hydrogens is 442 g/mol. The highest BCUT2D eigenvalue weighted by Gasteiger charge is 2.36. The Hall–Kier alpha value is -2.91. The maximum atomic E-state index is 13.4. The van der Waals surface area contributed by atoms with Crippen LogP contribution in [0.2, 0.25) is 0 Å². The quantitative estimate of drug-likeness (QED) is 0.698. The highest BCUT2D eigenvalue weighted by atomic mass is 32.1. The van der Waals surface area contributed by atoms with Crippen LogP contribution in [-0.2, 0) is 9.53 Å². The number of nitrogens with zero attached hydrogens (tertiary/aromatic N) is 2. The van der Waals surface area contributed by atoms with Crippen molar-refractivity contribution in [2.75, 3.05) is 46.5 Å². The van der Waals surface area contributed by atoms with Gasteiger partial charge in [-0.1, -0.05) is 12.1 Å². The molecule has 176 valence electrons. The fraction of sp³-hybridized carbons (Fsp3) is 0.458. The van der Waals surface area contributed by atoms with Crippen molar-refractivity contribution in [2.45, 2.75) is 18.9 Å². The number of benzene rings is 1. The van der Waals surface area contributed by atoms with Crippen LogP contribution >= 0.6 is 11.3 Å². The van der Waals surface area contributed by atoms with Crippen LogP contribution in [-0.4, -0.2) is 80.1 Å². The molecule has 0 spiro atoms. The molecule has 9 heteroatoms. The topological polar surface area (TPSA) is 88.2 Å². The van der Waals surface area contributed by atoms with Gasteiger partial charge in [0.05, 0.1) is 25.2 Å². The monoisotopic (exact) mass is 471 g/mol. The van der Waals surface area contributed by atoms with Gasteiger partial charge >= 0.3 is 0 Å². The molecule has 1 aromatic carbocycles. The average molecular weight is 472 g/mol. The summed E-state index contributed by atoms with van der Waals surface area (Å²) in [7, 11) is 1.55. The Kier molecular flexibility index (Phi) is 7.61. The summed E-state index contributed by atoms with van der Waals surface area (Å²) in [6.07, 6.45) is 1.30. The Morgan fingerprint density at radius 2 is 1.82 bits per heavy atom. The molecule has 1 atom stereocenters. The van der Waals surface area contributed by atoms with Gasteiger partial charge in [-0.05, 0) is 48.4 Å². The molecule has 1 N–H and O–H groups in total. The molecule has 3 heterocycles. The van der Waals surface area contributed by atoms with Gasteiger partial charge in [-0.25, -0.2) is 0 Å². The van der Waals surface area contributed by atoms with Crippen LogP contribution in [0.25, 0.3) is 0 Å². The van der Waals surface area contributed by atoms with E-state index in [1.165, 1.54) is 11.3 Å². The number of carbonyl (C=O) groups is 3. The molecule has 1 unspecified atom stereocenters. The summed E-state index contributed by atoms with van der Waals surface area (Å²) in [6, 6.07) is 9.94. The van der Waals surface area contributed by atoms with E-state index in [9.17, 15) is 14.4 Å². The Morgan fingerprint density at radius 3 is 2.48 bits per heavy atom. The molecular formula is C24H29N3O5S. The molecule has 0 radical (unpaired) electrons. The lowest BCUT2D eigenvalue weighted by molar-refractivity contribution is -0.139. The number of rotatable bonds is 6. The number of piperidine rings is 1. The predicted octanol–water partition coefficient (Wildman–Crippen LogP) is 2.27. The largest absolute Gasteiger partial charge is 0.497 e. The Bertz CT molecular complexity index is 966. The molecule has 0 aliphatic carbocycles. The summed E-state index contributed by atoms with van der Waals surface area (Å²) in [5.74, 6) is 0.163. The zero-order chi connectivity index (χ0) is 23.2. The molecule has 2 aliphatic rings. The predicted molar refractivity (Wildman–Crippen MR) is 125 cm³/mol. The van der Waals surface area contributed by atoms with E-state index in [1.54, 1.807) is 36.3 Å². The van der Waals surface area contributed by atoms with Crippen LogP contribution in [0.1, 0.15) is 32.9 Å². The van der Waals surface area contributed by atoms with Gasteiger partial charge in [0.2, 0.25) is 5.91 Å². The van der Waals surface area contributed by atoms with E-state index in [4.69, 9.17) is 9.47 Å². The molecule has 2 aromatic rings. The standard InChI is InChI=1S/C24H29N3O5S/c1-31-19-5-2-4-18(16-19)22(28)25-21(24(30)27-11-13-32-14-12-27)17-7-9-26(10-8-17)23(29)20-6-3-15-33-20/h2-6,15-17,21H,7-14H2,1H3,(H,25,28). The number of likely N-dealkylation sites (tertiary alicyclic amines) is 1. The third-order valence-electron chi connectivity index (χ3n) is 6.24. The van der Waals surface area contributed by atoms with E-state index in [-0.39, 0.29) is 23.6 Å². The summed E-state index contributed by atoms with van der Waals surface area (Å²) < 4.78 is 10.6. The number of thiophene rings is 1.